The predicted octanol–water partition coefficient (Wildman–Crippen LogP) is 3.07. The van der Waals surface area contributed by atoms with Crippen LogP contribution in [0.5, 0.6) is 0 Å². The third kappa shape index (κ3) is 6.24. The van der Waals surface area contributed by atoms with Gasteiger partial charge in [0.1, 0.15) is 0 Å². The van der Waals surface area contributed by atoms with E-state index in [0.717, 1.165) is 45.2 Å². The molecule has 3 atom stereocenters. The van der Waals surface area contributed by atoms with Crippen LogP contribution < -0.4 is 16.0 Å². The number of nitrogens with two attached hydrogens (primary N) is 1. The zero-order valence-corrected chi connectivity index (χ0v) is 17.9. The molecule has 1 aromatic carbocycles. The third-order valence-corrected chi connectivity index (χ3v) is 5.72. The molecular formula is C20H33Cl2N3O2. The first-order valence-corrected chi connectivity index (χ1v) is 9.47. The highest BCUT2D eigenvalue weighted by Gasteiger charge is 2.33. The molecule has 2 aliphatic rings. The Kier molecular flexibility index (Phi) is 9.88. The first kappa shape index (κ1) is 24.0. The highest BCUT2D eigenvalue weighted by atomic mass is 35.5. The number of amides is 1. The number of aryl methyl sites for hydroxylation is 1. The highest BCUT2D eigenvalue weighted by molar-refractivity contribution is 5.85. The SMILES string of the molecule is CO[C@@H]1CC[C@H](C(=O)NC2CCN(c3cccc(C)c3)CC2)C[C@H]1N.Cl.Cl. The number of nitrogens with zero attached hydrogens (tertiary/aromatic N) is 1. The summed E-state index contributed by atoms with van der Waals surface area (Å²) in [6.07, 6.45) is 4.58. The number of rotatable bonds is 4. The second-order valence-corrected chi connectivity index (χ2v) is 7.56. The molecule has 1 aromatic rings. The maximum Gasteiger partial charge on any atom is 0.223 e. The van der Waals surface area contributed by atoms with Crippen LogP contribution >= 0.6 is 24.8 Å². The fourth-order valence-corrected chi connectivity index (χ4v) is 4.13. The lowest BCUT2D eigenvalue weighted by Gasteiger charge is -2.36. The van der Waals surface area contributed by atoms with Crippen molar-refractivity contribution in [2.24, 2.45) is 11.7 Å². The number of anilines is 1. The number of nitrogens with one attached hydrogen (secondary N) is 1. The smallest absolute Gasteiger partial charge is 0.223 e. The molecule has 1 amide bonds. The molecule has 0 aromatic heterocycles. The molecule has 1 saturated carbocycles. The van der Waals surface area contributed by atoms with Crippen LogP contribution in [0.4, 0.5) is 5.69 Å². The minimum atomic E-state index is -0.0299. The summed E-state index contributed by atoms with van der Waals surface area (Å²) in [5, 5.41) is 3.26. The Morgan fingerprint density at radius 1 is 1.19 bits per heavy atom. The Morgan fingerprint density at radius 2 is 1.89 bits per heavy atom. The number of methoxy groups -OCH3 is 1. The number of carbonyl (C=O) groups excluding carboxylic acids is 1. The number of halogens is 2. The number of benzene rings is 1. The summed E-state index contributed by atoms with van der Waals surface area (Å²) >= 11 is 0. The molecule has 154 valence electrons. The summed E-state index contributed by atoms with van der Waals surface area (Å²) < 4.78 is 5.38. The van der Waals surface area contributed by atoms with E-state index in [4.69, 9.17) is 10.5 Å². The van der Waals surface area contributed by atoms with Gasteiger partial charge in [-0.1, -0.05) is 12.1 Å². The van der Waals surface area contributed by atoms with Gasteiger partial charge in [-0.25, -0.2) is 0 Å². The maximum atomic E-state index is 12.6. The van der Waals surface area contributed by atoms with E-state index in [2.05, 4.69) is 41.4 Å². The van der Waals surface area contributed by atoms with Gasteiger partial charge in [0.15, 0.2) is 0 Å². The molecule has 1 heterocycles. The average Bonchev–Trinajstić information content (AvgIpc) is 2.62. The largest absolute Gasteiger partial charge is 0.380 e. The van der Waals surface area contributed by atoms with Crippen LogP contribution in [0.3, 0.4) is 0 Å². The molecule has 3 rings (SSSR count). The molecule has 0 unspecified atom stereocenters. The zero-order chi connectivity index (χ0) is 17.8. The van der Waals surface area contributed by atoms with Gasteiger partial charge in [-0.2, -0.15) is 0 Å². The van der Waals surface area contributed by atoms with Crippen molar-refractivity contribution in [2.75, 3.05) is 25.1 Å². The van der Waals surface area contributed by atoms with Crippen molar-refractivity contribution >= 4 is 36.4 Å². The Morgan fingerprint density at radius 3 is 2.48 bits per heavy atom. The summed E-state index contributed by atoms with van der Waals surface area (Å²) in [7, 11) is 1.70. The van der Waals surface area contributed by atoms with E-state index < -0.39 is 0 Å². The van der Waals surface area contributed by atoms with Gasteiger partial charge in [0.25, 0.3) is 0 Å². The van der Waals surface area contributed by atoms with E-state index >= 15 is 0 Å². The number of carbonyl (C=O) groups is 1. The highest BCUT2D eigenvalue weighted by Crippen LogP contribution is 2.26. The normalized spacial score (nSPS) is 25.9. The van der Waals surface area contributed by atoms with Crippen molar-refractivity contribution in [3.05, 3.63) is 29.8 Å². The molecule has 0 bridgehead atoms. The summed E-state index contributed by atoms with van der Waals surface area (Å²) in [5.41, 5.74) is 8.71. The Bertz CT molecular complexity index is 594. The van der Waals surface area contributed by atoms with Crippen molar-refractivity contribution in [3.63, 3.8) is 0 Å². The van der Waals surface area contributed by atoms with Gasteiger partial charge >= 0.3 is 0 Å². The number of hydrogen-bond acceptors (Lipinski definition) is 4. The fraction of sp³-hybridized carbons (Fsp3) is 0.650. The average molecular weight is 418 g/mol. The van der Waals surface area contributed by atoms with Gasteiger partial charge in [-0.15, -0.1) is 24.8 Å². The minimum Gasteiger partial charge on any atom is -0.380 e. The second kappa shape index (κ2) is 11.1. The summed E-state index contributed by atoms with van der Waals surface area (Å²) in [6, 6.07) is 8.89. The van der Waals surface area contributed by atoms with E-state index in [1.54, 1.807) is 7.11 Å². The van der Waals surface area contributed by atoms with Gasteiger partial charge in [0.2, 0.25) is 5.91 Å². The molecule has 0 radical (unpaired) electrons. The minimum absolute atomic E-state index is 0. The van der Waals surface area contributed by atoms with Crippen LogP contribution in [-0.2, 0) is 9.53 Å². The van der Waals surface area contributed by atoms with Crippen molar-refractivity contribution in [3.8, 4) is 0 Å². The molecule has 7 heteroatoms. The standard InChI is InChI=1S/C20H31N3O2.2ClH/c1-14-4-3-5-17(12-14)23-10-8-16(9-11-23)22-20(24)15-6-7-19(25-2)18(21)13-15;;/h3-5,12,15-16,18-19H,6-11,13,21H2,1-2H3,(H,22,24);2*1H/t15-,18+,19+;;/m0../s1. The van der Waals surface area contributed by atoms with Crippen LogP contribution in [0.1, 0.15) is 37.7 Å². The van der Waals surface area contributed by atoms with Gasteiger partial charge in [-0.3, -0.25) is 4.79 Å². The molecule has 1 saturated heterocycles. The van der Waals surface area contributed by atoms with Crippen molar-refractivity contribution in [1.82, 2.24) is 5.32 Å². The summed E-state index contributed by atoms with van der Waals surface area (Å²) in [6.45, 7) is 4.11. The molecular weight excluding hydrogens is 385 g/mol. The first-order valence-electron chi connectivity index (χ1n) is 9.47. The summed E-state index contributed by atoms with van der Waals surface area (Å²) in [4.78, 5) is 15.0. The van der Waals surface area contributed by atoms with Crippen molar-refractivity contribution < 1.29 is 9.53 Å². The van der Waals surface area contributed by atoms with E-state index in [-0.39, 0.29) is 54.8 Å². The van der Waals surface area contributed by atoms with Gasteiger partial charge in [0.05, 0.1) is 6.10 Å². The van der Waals surface area contributed by atoms with Gasteiger partial charge in [-0.05, 0) is 56.7 Å². The number of hydrogen-bond donors (Lipinski definition) is 2. The van der Waals surface area contributed by atoms with Crippen molar-refractivity contribution in [1.29, 1.82) is 0 Å². The van der Waals surface area contributed by atoms with Crippen LogP contribution in [0.15, 0.2) is 24.3 Å². The zero-order valence-electron chi connectivity index (χ0n) is 16.2. The second-order valence-electron chi connectivity index (χ2n) is 7.56. The Hall–Kier alpha value is -1.01. The lowest BCUT2D eigenvalue weighted by Crippen LogP contribution is -2.49. The predicted molar refractivity (Wildman–Crippen MR) is 115 cm³/mol. The molecule has 3 N–H and O–H groups in total. The molecule has 2 fully saturated rings. The van der Waals surface area contributed by atoms with Crippen LogP contribution in [0.25, 0.3) is 0 Å². The monoisotopic (exact) mass is 417 g/mol. The lowest BCUT2D eigenvalue weighted by molar-refractivity contribution is -0.128. The lowest BCUT2D eigenvalue weighted by atomic mass is 9.83. The van der Waals surface area contributed by atoms with E-state index in [1.165, 1.54) is 11.3 Å². The fourth-order valence-electron chi connectivity index (χ4n) is 4.13. The first-order chi connectivity index (χ1) is 12.1. The van der Waals surface area contributed by atoms with Crippen LogP contribution in [0, 0.1) is 12.8 Å². The van der Waals surface area contributed by atoms with Crippen LogP contribution in [-0.4, -0.2) is 44.3 Å². The van der Waals surface area contributed by atoms with E-state index in [1.807, 2.05) is 0 Å². The molecule has 5 nitrogen and oxygen atoms in total. The van der Waals surface area contributed by atoms with E-state index in [0.29, 0.717) is 0 Å². The van der Waals surface area contributed by atoms with Gasteiger partial charge in [0, 0.05) is 43.9 Å². The Balaban J connectivity index is 0.00000182. The Labute approximate surface area is 175 Å². The number of ether oxygens (including phenoxy) is 1. The maximum absolute atomic E-state index is 12.6. The van der Waals surface area contributed by atoms with Crippen molar-refractivity contribution in [2.45, 2.75) is 57.2 Å². The van der Waals surface area contributed by atoms with Crippen LogP contribution in [0.2, 0.25) is 0 Å². The van der Waals surface area contributed by atoms with Gasteiger partial charge < -0.3 is 20.7 Å². The molecule has 0 spiro atoms. The van der Waals surface area contributed by atoms with E-state index in [9.17, 15) is 4.79 Å². The quantitative estimate of drug-likeness (QED) is 0.789. The summed E-state index contributed by atoms with van der Waals surface area (Å²) in [5.74, 6) is 0.218. The molecule has 27 heavy (non-hydrogen) atoms. The third-order valence-electron chi connectivity index (χ3n) is 5.72. The molecule has 1 aliphatic carbocycles. The number of piperidine rings is 1. The molecule has 1 aliphatic heterocycles. The topological polar surface area (TPSA) is 67.6 Å².